The number of hydrogen-bond acceptors (Lipinski definition) is 6. The number of fused-ring (bicyclic) bond motifs is 1. The molecule has 8 heteroatoms. The van der Waals surface area contributed by atoms with E-state index in [1.165, 1.54) is 0 Å². The number of rotatable bonds is 3. The highest BCUT2D eigenvalue weighted by molar-refractivity contribution is 14.1. The number of pyridine rings is 2. The Balaban J connectivity index is 1.86. The van der Waals surface area contributed by atoms with Crippen LogP contribution in [0.2, 0.25) is 0 Å². The van der Waals surface area contributed by atoms with Crippen molar-refractivity contribution in [2.24, 2.45) is 0 Å². The minimum absolute atomic E-state index is 0.169. The second-order valence-electron chi connectivity index (χ2n) is 7.79. The van der Waals surface area contributed by atoms with Crippen LogP contribution in [-0.4, -0.2) is 33.1 Å². The number of aromatic nitrogens is 2. The summed E-state index contributed by atoms with van der Waals surface area (Å²) < 4.78 is 12.3. The zero-order valence-electron chi connectivity index (χ0n) is 16.5. The number of anilines is 1. The van der Waals surface area contributed by atoms with Gasteiger partial charge in [0, 0.05) is 24.7 Å². The van der Waals surface area contributed by atoms with Crippen molar-refractivity contribution in [3.05, 3.63) is 39.4 Å². The van der Waals surface area contributed by atoms with E-state index in [9.17, 15) is 4.79 Å². The van der Waals surface area contributed by atoms with Crippen molar-refractivity contribution in [2.45, 2.75) is 52.2 Å². The van der Waals surface area contributed by atoms with E-state index >= 15 is 0 Å². The number of nitrogens with two attached hydrogens (primary N) is 1. The van der Waals surface area contributed by atoms with Crippen molar-refractivity contribution < 1.29 is 14.3 Å². The first kappa shape index (κ1) is 20.6. The van der Waals surface area contributed by atoms with Crippen molar-refractivity contribution in [3.63, 3.8) is 0 Å². The molecule has 1 amide bonds. The van der Waals surface area contributed by atoms with Crippen LogP contribution in [0.3, 0.4) is 0 Å². The monoisotopic (exact) mass is 496 g/mol. The first-order chi connectivity index (χ1) is 13.2. The average Bonchev–Trinajstić information content (AvgIpc) is 2.63. The number of hydrogen-bond donors (Lipinski definition) is 1. The van der Waals surface area contributed by atoms with Crippen LogP contribution >= 0.6 is 22.6 Å². The summed E-state index contributed by atoms with van der Waals surface area (Å²) in [6.45, 7) is 8.76. The number of carbonyl (C=O) groups is 1. The van der Waals surface area contributed by atoms with Gasteiger partial charge < -0.3 is 20.1 Å². The lowest BCUT2D eigenvalue weighted by atomic mass is 9.93. The summed E-state index contributed by atoms with van der Waals surface area (Å²) in [5, 5.41) is 0. The van der Waals surface area contributed by atoms with E-state index in [-0.39, 0.29) is 12.0 Å². The Bertz CT molecular complexity index is 882. The summed E-state index contributed by atoms with van der Waals surface area (Å²) in [5.74, 6) is 1.82. The minimum atomic E-state index is -0.528. The number of nitrogens with zero attached hydrogens (tertiary/aromatic N) is 3. The predicted octanol–water partition coefficient (Wildman–Crippen LogP) is 4.70. The third-order valence-electron chi connectivity index (χ3n) is 4.42. The second-order valence-corrected chi connectivity index (χ2v) is 8.87. The lowest BCUT2D eigenvalue weighted by Crippen LogP contribution is -2.41. The van der Waals surface area contributed by atoms with Crippen molar-refractivity contribution in [2.75, 3.05) is 12.3 Å². The molecular formula is C20H25IN4O3. The van der Waals surface area contributed by atoms with E-state index in [0.717, 1.165) is 21.2 Å². The van der Waals surface area contributed by atoms with Gasteiger partial charge >= 0.3 is 6.09 Å². The molecule has 0 saturated heterocycles. The van der Waals surface area contributed by atoms with E-state index in [2.05, 4.69) is 39.5 Å². The zero-order valence-corrected chi connectivity index (χ0v) is 18.7. The molecule has 2 aromatic rings. The standard InChI is InChI=1S/C20H25IN4O3/c1-5-12-10-25(19(26)28-20(2,3)4)11-13-8-14(9-24-17(12)13)27-15-6-7-23-18(22)16(15)21/h6-9,12H,5,10-11H2,1-4H3,(H2,22,23)/t12-/m0/s1. The van der Waals surface area contributed by atoms with E-state index in [4.69, 9.17) is 15.2 Å². The summed E-state index contributed by atoms with van der Waals surface area (Å²) >= 11 is 2.11. The van der Waals surface area contributed by atoms with Crippen LogP contribution in [0.5, 0.6) is 11.5 Å². The molecule has 0 saturated carbocycles. The Kier molecular flexibility index (Phi) is 5.97. The fraction of sp³-hybridized carbons (Fsp3) is 0.450. The van der Waals surface area contributed by atoms with Gasteiger partial charge in [-0.2, -0.15) is 0 Å². The number of carbonyl (C=O) groups excluding carboxylic acids is 1. The van der Waals surface area contributed by atoms with E-state index < -0.39 is 5.60 Å². The van der Waals surface area contributed by atoms with Gasteiger partial charge in [-0.3, -0.25) is 4.98 Å². The summed E-state index contributed by atoms with van der Waals surface area (Å²) in [6, 6.07) is 3.70. The normalized spacial score (nSPS) is 16.5. The minimum Gasteiger partial charge on any atom is -0.454 e. The molecule has 0 bridgehead atoms. The Morgan fingerprint density at radius 1 is 1.39 bits per heavy atom. The largest absolute Gasteiger partial charge is 0.454 e. The van der Waals surface area contributed by atoms with Crippen molar-refractivity contribution in [3.8, 4) is 11.5 Å². The van der Waals surface area contributed by atoms with Gasteiger partial charge in [0.05, 0.1) is 22.0 Å². The van der Waals surface area contributed by atoms with Crippen molar-refractivity contribution in [1.82, 2.24) is 14.9 Å². The maximum atomic E-state index is 12.6. The highest BCUT2D eigenvalue weighted by Gasteiger charge is 2.31. The molecule has 7 nitrogen and oxygen atoms in total. The van der Waals surface area contributed by atoms with Crippen LogP contribution < -0.4 is 10.5 Å². The topological polar surface area (TPSA) is 90.6 Å². The SMILES string of the molecule is CC[C@H]1CN(C(=O)OC(C)(C)C)Cc2cc(Oc3ccnc(N)c3I)cnc21. The van der Waals surface area contributed by atoms with Gasteiger partial charge in [-0.25, -0.2) is 9.78 Å². The Morgan fingerprint density at radius 3 is 2.82 bits per heavy atom. The maximum absolute atomic E-state index is 12.6. The highest BCUT2D eigenvalue weighted by Crippen LogP contribution is 2.34. The third-order valence-corrected chi connectivity index (χ3v) is 5.50. The van der Waals surface area contributed by atoms with Gasteiger partial charge in [-0.05, 0) is 61.4 Å². The second kappa shape index (κ2) is 8.10. The molecule has 2 N–H and O–H groups in total. The Morgan fingerprint density at radius 2 is 2.14 bits per heavy atom. The van der Waals surface area contributed by atoms with Crippen LogP contribution in [0.25, 0.3) is 0 Å². The fourth-order valence-corrected chi connectivity index (χ4v) is 3.54. The fourth-order valence-electron chi connectivity index (χ4n) is 3.11. The van der Waals surface area contributed by atoms with Crippen molar-refractivity contribution in [1.29, 1.82) is 0 Å². The van der Waals surface area contributed by atoms with E-state index in [0.29, 0.717) is 30.4 Å². The molecule has 1 atom stereocenters. The van der Waals surface area contributed by atoms with Gasteiger partial charge in [0.2, 0.25) is 0 Å². The molecule has 1 aliphatic rings. The Labute approximate surface area is 178 Å². The molecule has 3 rings (SSSR count). The molecule has 2 aromatic heterocycles. The predicted molar refractivity (Wildman–Crippen MR) is 115 cm³/mol. The molecular weight excluding hydrogens is 471 g/mol. The summed E-state index contributed by atoms with van der Waals surface area (Å²) in [4.78, 5) is 23.0. The summed E-state index contributed by atoms with van der Waals surface area (Å²) in [5.41, 5.74) is 7.31. The molecule has 0 aromatic carbocycles. The molecule has 1 aliphatic heterocycles. The first-order valence-electron chi connectivity index (χ1n) is 9.22. The van der Waals surface area contributed by atoms with Gasteiger partial charge in [0.25, 0.3) is 0 Å². The maximum Gasteiger partial charge on any atom is 0.410 e. The number of nitrogen functional groups attached to an aromatic ring is 1. The van der Waals surface area contributed by atoms with E-state index in [1.54, 1.807) is 23.4 Å². The van der Waals surface area contributed by atoms with Gasteiger partial charge in [-0.15, -0.1) is 0 Å². The Hall–Kier alpha value is -2.10. The summed E-state index contributed by atoms with van der Waals surface area (Å²) in [6.07, 6.45) is 3.91. The summed E-state index contributed by atoms with van der Waals surface area (Å²) in [7, 11) is 0. The smallest absolute Gasteiger partial charge is 0.410 e. The van der Waals surface area contributed by atoms with Gasteiger partial charge in [0.15, 0.2) is 0 Å². The molecule has 28 heavy (non-hydrogen) atoms. The molecule has 0 aliphatic carbocycles. The first-order valence-corrected chi connectivity index (χ1v) is 10.3. The highest BCUT2D eigenvalue weighted by atomic mass is 127. The van der Waals surface area contributed by atoms with Crippen molar-refractivity contribution >= 4 is 34.5 Å². The van der Waals surface area contributed by atoms with Crippen LogP contribution in [0.1, 0.15) is 51.3 Å². The number of halogens is 1. The van der Waals surface area contributed by atoms with Crippen LogP contribution in [0.4, 0.5) is 10.6 Å². The van der Waals surface area contributed by atoms with Crippen LogP contribution in [0.15, 0.2) is 24.5 Å². The number of ether oxygens (including phenoxy) is 2. The van der Waals surface area contributed by atoms with Crippen LogP contribution in [-0.2, 0) is 11.3 Å². The van der Waals surface area contributed by atoms with Crippen LogP contribution in [0, 0.1) is 3.57 Å². The molecule has 0 unspecified atom stereocenters. The average molecular weight is 496 g/mol. The third kappa shape index (κ3) is 4.65. The lowest BCUT2D eigenvalue weighted by Gasteiger charge is -2.34. The molecule has 3 heterocycles. The zero-order chi connectivity index (χ0) is 20.5. The lowest BCUT2D eigenvalue weighted by molar-refractivity contribution is 0.0202. The molecule has 150 valence electrons. The van der Waals surface area contributed by atoms with Gasteiger partial charge in [-0.1, -0.05) is 6.92 Å². The molecule has 0 spiro atoms. The number of amides is 1. The molecule has 0 fully saturated rings. The quantitative estimate of drug-likeness (QED) is 0.620. The molecule has 0 radical (unpaired) electrons. The van der Waals surface area contributed by atoms with E-state index in [1.807, 2.05) is 26.8 Å². The van der Waals surface area contributed by atoms with Gasteiger partial charge in [0.1, 0.15) is 22.9 Å².